The fourth-order valence-corrected chi connectivity index (χ4v) is 3.00. The van der Waals surface area contributed by atoms with Crippen LogP contribution in [0.1, 0.15) is 24.8 Å². The van der Waals surface area contributed by atoms with Crippen molar-refractivity contribution in [2.24, 2.45) is 0 Å². The molecule has 2 aromatic rings. The van der Waals surface area contributed by atoms with Crippen molar-refractivity contribution < 1.29 is 9.85 Å². The van der Waals surface area contributed by atoms with Crippen LogP contribution in [0.15, 0.2) is 36.5 Å². The van der Waals surface area contributed by atoms with E-state index in [1.165, 1.54) is 18.6 Å². The Morgan fingerprint density at radius 1 is 1.04 bits per heavy atom. The average Bonchev–Trinajstić information content (AvgIpc) is 2.67. The molecule has 1 aliphatic heterocycles. The Labute approximate surface area is 150 Å². The largest absolute Gasteiger partial charge is 0.375 e. The lowest BCUT2D eigenvalue weighted by Crippen LogP contribution is -2.30. The van der Waals surface area contributed by atoms with Gasteiger partial charge >= 0.3 is 0 Å². The SMILES string of the molecule is O=[N+]([O-])c1ccc(NCc2ccnc(N3CCCCC3)c2)c([N+](=O)[O-])c1. The van der Waals surface area contributed by atoms with Crippen LogP contribution in [0.5, 0.6) is 0 Å². The molecule has 1 N–H and O–H groups in total. The van der Waals surface area contributed by atoms with Crippen LogP contribution in [0.25, 0.3) is 0 Å². The molecule has 0 aliphatic carbocycles. The summed E-state index contributed by atoms with van der Waals surface area (Å²) >= 11 is 0. The van der Waals surface area contributed by atoms with E-state index in [1.807, 2.05) is 12.1 Å². The van der Waals surface area contributed by atoms with Gasteiger partial charge in [0.05, 0.1) is 15.9 Å². The van der Waals surface area contributed by atoms with Crippen molar-refractivity contribution in [3.8, 4) is 0 Å². The van der Waals surface area contributed by atoms with Gasteiger partial charge in [0.25, 0.3) is 11.4 Å². The number of rotatable bonds is 6. The molecular formula is C17H19N5O4. The third kappa shape index (κ3) is 4.05. The number of aromatic nitrogens is 1. The Kier molecular flexibility index (Phi) is 5.26. The van der Waals surface area contributed by atoms with Crippen molar-refractivity contribution in [2.75, 3.05) is 23.3 Å². The number of nitrogens with one attached hydrogen (secondary N) is 1. The Morgan fingerprint density at radius 3 is 2.50 bits per heavy atom. The molecule has 0 bridgehead atoms. The summed E-state index contributed by atoms with van der Waals surface area (Å²) in [5, 5.41) is 25.0. The van der Waals surface area contributed by atoms with E-state index in [1.54, 1.807) is 6.20 Å². The van der Waals surface area contributed by atoms with Crippen molar-refractivity contribution in [1.82, 2.24) is 4.98 Å². The first kappa shape index (κ1) is 17.6. The van der Waals surface area contributed by atoms with E-state index in [4.69, 9.17) is 0 Å². The molecule has 136 valence electrons. The summed E-state index contributed by atoms with van der Waals surface area (Å²) < 4.78 is 0. The topological polar surface area (TPSA) is 114 Å². The lowest BCUT2D eigenvalue weighted by molar-refractivity contribution is -0.393. The van der Waals surface area contributed by atoms with Crippen LogP contribution >= 0.6 is 0 Å². The van der Waals surface area contributed by atoms with Gasteiger partial charge in [-0.2, -0.15) is 0 Å². The first-order chi connectivity index (χ1) is 12.5. The van der Waals surface area contributed by atoms with Crippen LogP contribution < -0.4 is 10.2 Å². The number of hydrogen-bond acceptors (Lipinski definition) is 7. The quantitative estimate of drug-likeness (QED) is 0.621. The van der Waals surface area contributed by atoms with Gasteiger partial charge in [0.2, 0.25) is 0 Å². The molecule has 0 radical (unpaired) electrons. The Bertz CT molecular complexity index is 821. The molecule has 1 saturated heterocycles. The fraction of sp³-hybridized carbons (Fsp3) is 0.353. The number of nitro groups is 2. The van der Waals surface area contributed by atoms with E-state index in [0.717, 1.165) is 43.4 Å². The third-order valence-corrected chi connectivity index (χ3v) is 4.36. The van der Waals surface area contributed by atoms with Crippen molar-refractivity contribution in [3.05, 3.63) is 62.3 Å². The van der Waals surface area contributed by atoms with E-state index in [2.05, 4.69) is 15.2 Å². The van der Waals surface area contributed by atoms with Crippen LogP contribution in [0.3, 0.4) is 0 Å². The first-order valence-electron chi connectivity index (χ1n) is 8.41. The normalized spacial score (nSPS) is 14.1. The monoisotopic (exact) mass is 357 g/mol. The molecular weight excluding hydrogens is 338 g/mol. The smallest absolute Gasteiger partial charge is 0.299 e. The number of nitro benzene ring substituents is 2. The van der Waals surface area contributed by atoms with Crippen LogP contribution in [0, 0.1) is 20.2 Å². The molecule has 0 spiro atoms. The highest BCUT2D eigenvalue weighted by atomic mass is 16.6. The van der Waals surface area contributed by atoms with E-state index in [-0.39, 0.29) is 17.1 Å². The number of anilines is 2. The molecule has 1 aliphatic rings. The number of pyridine rings is 1. The van der Waals surface area contributed by atoms with E-state index >= 15 is 0 Å². The molecule has 0 atom stereocenters. The minimum Gasteiger partial charge on any atom is -0.375 e. The molecule has 3 rings (SSSR count). The van der Waals surface area contributed by atoms with Crippen molar-refractivity contribution >= 4 is 22.9 Å². The summed E-state index contributed by atoms with van der Waals surface area (Å²) in [6, 6.07) is 7.39. The maximum atomic E-state index is 11.2. The molecule has 1 aromatic carbocycles. The minimum atomic E-state index is -0.648. The van der Waals surface area contributed by atoms with Gasteiger partial charge in [-0.3, -0.25) is 20.2 Å². The summed E-state index contributed by atoms with van der Waals surface area (Å²) in [5.41, 5.74) is 0.563. The van der Waals surface area contributed by atoms with Gasteiger partial charge in [-0.05, 0) is 43.0 Å². The Balaban J connectivity index is 1.74. The van der Waals surface area contributed by atoms with Gasteiger partial charge in [-0.25, -0.2) is 4.98 Å². The minimum absolute atomic E-state index is 0.247. The molecule has 0 unspecified atom stereocenters. The second-order valence-electron chi connectivity index (χ2n) is 6.14. The average molecular weight is 357 g/mol. The predicted octanol–water partition coefficient (Wildman–Crippen LogP) is 3.50. The van der Waals surface area contributed by atoms with Crippen LogP contribution in [0.4, 0.5) is 22.9 Å². The number of piperidine rings is 1. The zero-order chi connectivity index (χ0) is 18.5. The molecule has 2 heterocycles. The predicted molar refractivity (Wildman–Crippen MR) is 97.4 cm³/mol. The van der Waals surface area contributed by atoms with Gasteiger partial charge in [0, 0.05) is 31.9 Å². The molecule has 1 aromatic heterocycles. The number of nitrogens with zero attached hydrogens (tertiary/aromatic N) is 4. The molecule has 0 amide bonds. The number of hydrogen-bond donors (Lipinski definition) is 1. The van der Waals surface area contributed by atoms with Crippen LogP contribution in [-0.2, 0) is 6.54 Å². The van der Waals surface area contributed by atoms with Crippen molar-refractivity contribution in [3.63, 3.8) is 0 Å². The highest BCUT2D eigenvalue weighted by Gasteiger charge is 2.19. The fourth-order valence-electron chi connectivity index (χ4n) is 3.00. The first-order valence-corrected chi connectivity index (χ1v) is 8.41. The summed E-state index contributed by atoms with van der Waals surface area (Å²) in [6.07, 6.45) is 5.27. The summed E-state index contributed by atoms with van der Waals surface area (Å²) in [6.45, 7) is 2.33. The number of benzene rings is 1. The lowest BCUT2D eigenvalue weighted by atomic mass is 10.1. The molecule has 1 fully saturated rings. The maximum absolute atomic E-state index is 11.2. The molecule has 26 heavy (non-hydrogen) atoms. The summed E-state index contributed by atoms with van der Waals surface area (Å²) in [4.78, 5) is 27.4. The van der Waals surface area contributed by atoms with Gasteiger partial charge in [-0.1, -0.05) is 0 Å². The molecule has 9 nitrogen and oxygen atoms in total. The third-order valence-electron chi connectivity index (χ3n) is 4.36. The van der Waals surface area contributed by atoms with Crippen molar-refractivity contribution in [1.29, 1.82) is 0 Å². The van der Waals surface area contributed by atoms with E-state index < -0.39 is 9.85 Å². The standard InChI is InChI=1S/C17H19N5O4/c23-21(24)14-4-5-15(16(11-14)22(25)26)19-12-13-6-7-18-17(10-13)20-8-2-1-3-9-20/h4-7,10-11,19H,1-3,8-9,12H2. The van der Waals surface area contributed by atoms with Gasteiger partial charge < -0.3 is 10.2 Å². The van der Waals surface area contributed by atoms with Gasteiger partial charge in [-0.15, -0.1) is 0 Å². The van der Waals surface area contributed by atoms with Crippen LogP contribution in [-0.4, -0.2) is 27.9 Å². The Hall–Kier alpha value is -3.23. The number of non-ortho nitro benzene ring substituents is 1. The zero-order valence-electron chi connectivity index (χ0n) is 14.1. The summed E-state index contributed by atoms with van der Waals surface area (Å²) in [5.74, 6) is 0.905. The highest BCUT2D eigenvalue weighted by molar-refractivity contribution is 5.65. The maximum Gasteiger partial charge on any atom is 0.299 e. The second-order valence-corrected chi connectivity index (χ2v) is 6.14. The van der Waals surface area contributed by atoms with Crippen molar-refractivity contribution in [2.45, 2.75) is 25.8 Å². The highest BCUT2D eigenvalue weighted by Crippen LogP contribution is 2.29. The summed E-state index contributed by atoms with van der Waals surface area (Å²) in [7, 11) is 0. The molecule has 0 saturated carbocycles. The second kappa shape index (κ2) is 7.77. The van der Waals surface area contributed by atoms with E-state index in [0.29, 0.717) is 6.54 Å². The van der Waals surface area contributed by atoms with Gasteiger partial charge in [0.15, 0.2) is 0 Å². The van der Waals surface area contributed by atoms with E-state index in [9.17, 15) is 20.2 Å². The van der Waals surface area contributed by atoms with Crippen LogP contribution in [0.2, 0.25) is 0 Å². The zero-order valence-corrected chi connectivity index (χ0v) is 14.1. The molecule has 9 heteroatoms. The lowest BCUT2D eigenvalue weighted by Gasteiger charge is -2.27. The van der Waals surface area contributed by atoms with Gasteiger partial charge in [0.1, 0.15) is 11.5 Å². The Morgan fingerprint density at radius 2 is 1.81 bits per heavy atom.